The molecule has 4 rings (SSSR count). The number of rotatable bonds is 4. The Morgan fingerprint density at radius 1 is 1.00 bits per heavy atom. The van der Waals surface area contributed by atoms with Gasteiger partial charge in [0, 0.05) is 12.4 Å². The maximum Gasteiger partial charge on any atom is 0.416 e. The van der Waals surface area contributed by atoms with E-state index >= 15 is 0 Å². The van der Waals surface area contributed by atoms with Crippen molar-refractivity contribution in [1.29, 1.82) is 0 Å². The Morgan fingerprint density at radius 2 is 1.71 bits per heavy atom. The molecule has 0 spiro atoms. The highest BCUT2D eigenvalue weighted by Crippen LogP contribution is 2.26. The van der Waals surface area contributed by atoms with Crippen molar-refractivity contribution in [3.63, 3.8) is 0 Å². The summed E-state index contributed by atoms with van der Waals surface area (Å²) in [6, 6.07) is 18.3. The van der Waals surface area contributed by atoms with E-state index in [4.69, 9.17) is 0 Å². The number of aromatic amines is 1. The van der Waals surface area contributed by atoms with Crippen LogP contribution in [0.15, 0.2) is 84.0 Å². The molecule has 0 atom stereocenters. The van der Waals surface area contributed by atoms with Crippen molar-refractivity contribution in [1.82, 2.24) is 19.7 Å². The molecular formula is C20H15N5O3. The summed E-state index contributed by atoms with van der Waals surface area (Å²) in [7, 11) is 0. The third kappa shape index (κ3) is 3.26. The molecule has 0 aliphatic carbocycles. The van der Waals surface area contributed by atoms with Crippen LogP contribution < -0.4 is 10.5 Å². The van der Waals surface area contributed by atoms with Gasteiger partial charge in [-0.15, -0.1) is 0 Å². The van der Waals surface area contributed by atoms with Crippen molar-refractivity contribution < 1.29 is 9.90 Å². The minimum absolute atomic E-state index is 0.101. The number of hydrogen-bond donors (Lipinski definition) is 2. The molecule has 8 heteroatoms. The van der Waals surface area contributed by atoms with E-state index in [1.807, 2.05) is 30.3 Å². The predicted molar refractivity (Wildman–Crippen MR) is 104 cm³/mol. The number of carbonyl (C=O) groups is 1. The fraction of sp³-hybridized carbons (Fsp3) is 0. The molecule has 28 heavy (non-hydrogen) atoms. The zero-order valence-corrected chi connectivity index (χ0v) is 14.6. The van der Waals surface area contributed by atoms with E-state index in [1.54, 1.807) is 42.7 Å². The summed E-state index contributed by atoms with van der Waals surface area (Å²) in [5.41, 5.74) is 1.60. The predicted octanol–water partition coefficient (Wildman–Crippen LogP) is 3.44. The largest absolute Gasteiger partial charge is 0.464 e. The minimum atomic E-state index is -1.29. The van der Waals surface area contributed by atoms with E-state index in [9.17, 15) is 14.7 Å². The van der Waals surface area contributed by atoms with E-state index in [-0.39, 0.29) is 11.6 Å². The van der Waals surface area contributed by atoms with Crippen molar-refractivity contribution in [2.24, 2.45) is 0 Å². The molecule has 8 nitrogen and oxygen atoms in total. The van der Waals surface area contributed by atoms with Crippen LogP contribution in [0.4, 0.5) is 16.2 Å². The topological polar surface area (TPSA) is 104 Å². The summed E-state index contributed by atoms with van der Waals surface area (Å²) in [6.07, 6.45) is 3.10. The van der Waals surface area contributed by atoms with Gasteiger partial charge in [-0.05, 0) is 29.3 Å². The second-order valence-corrected chi connectivity index (χ2v) is 5.90. The average Bonchev–Trinajstić information content (AvgIpc) is 3.25. The van der Waals surface area contributed by atoms with Crippen molar-refractivity contribution in [3.8, 4) is 17.1 Å². The Kier molecular flexibility index (Phi) is 4.43. The summed E-state index contributed by atoms with van der Waals surface area (Å²) >= 11 is 0. The molecule has 1 amide bonds. The fourth-order valence-corrected chi connectivity index (χ4v) is 2.83. The lowest BCUT2D eigenvalue weighted by molar-refractivity contribution is 0.204. The standard InChI is InChI=1S/C20H15N5O3/c26-18-17(13-21-19(23-18)24-12-4-11-22-24)25(20(27)28)16-9-7-15(8-10-16)14-5-2-1-3-6-14/h1-13H,(H,27,28)(H,21,23,26). The lowest BCUT2D eigenvalue weighted by Crippen LogP contribution is -2.30. The fourth-order valence-electron chi connectivity index (χ4n) is 2.83. The first-order valence-electron chi connectivity index (χ1n) is 8.41. The number of nitrogens with zero attached hydrogens (tertiary/aromatic N) is 4. The van der Waals surface area contributed by atoms with Crippen LogP contribution in [0.25, 0.3) is 17.1 Å². The third-order valence-electron chi connectivity index (χ3n) is 4.15. The van der Waals surface area contributed by atoms with Crippen molar-refractivity contribution in [3.05, 3.63) is 89.6 Å². The molecule has 0 unspecified atom stereocenters. The Morgan fingerprint density at radius 3 is 2.32 bits per heavy atom. The maximum atomic E-state index is 12.5. The van der Waals surface area contributed by atoms with Crippen LogP contribution in [0.3, 0.4) is 0 Å². The lowest BCUT2D eigenvalue weighted by atomic mass is 10.1. The molecule has 0 aliphatic rings. The molecule has 2 N–H and O–H groups in total. The van der Waals surface area contributed by atoms with Crippen LogP contribution in [-0.2, 0) is 0 Å². The molecule has 0 saturated heterocycles. The number of hydrogen-bond acceptors (Lipinski definition) is 4. The highest BCUT2D eigenvalue weighted by atomic mass is 16.4. The van der Waals surface area contributed by atoms with Gasteiger partial charge in [0.25, 0.3) is 5.56 Å². The van der Waals surface area contributed by atoms with E-state index in [2.05, 4.69) is 15.1 Å². The van der Waals surface area contributed by atoms with Gasteiger partial charge in [0.05, 0.1) is 11.9 Å². The van der Waals surface area contributed by atoms with Gasteiger partial charge in [0.15, 0.2) is 0 Å². The maximum absolute atomic E-state index is 12.5. The smallest absolute Gasteiger partial charge is 0.416 e. The Labute approximate surface area is 159 Å². The molecule has 0 radical (unpaired) electrons. The van der Waals surface area contributed by atoms with Crippen LogP contribution >= 0.6 is 0 Å². The average molecular weight is 373 g/mol. The first-order valence-corrected chi connectivity index (χ1v) is 8.41. The first kappa shape index (κ1) is 17.2. The number of nitrogens with one attached hydrogen (secondary N) is 1. The monoisotopic (exact) mass is 373 g/mol. The quantitative estimate of drug-likeness (QED) is 0.570. The van der Waals surface area contributed by atoms with Gasteiger partial charge in [-0.25, -0.2) is 19.4 Å². The van der Waals surface area contributed by atoms with E-state index in [0.717, 1.165) is 16.0 Å². The minimum Gasteiger partial charge on any atom is -0.464 e. The molecule has 0 bridgehead atoms. The normalized spacial score (nSPS) is 10.6. The van der Waals surface area contributed by atoms with Crippen LogP contribution in [0.2, 0.25) is 0 Å². The summed E-state index contributed by atoms with van der Waals surface area (Å²) < 4.78 is 1.38. The van der Waals surface area contributed by atoms with E-state index in [0.29, 0.717) is 5.69 Å². The van der Waals surface area contributed by atoms with Gasteiger partial charge in [-0.1, -0.05) is 42.5 Å². The van der Waals surface area contributed by atoms with Crippen LogP contribution in [0, 0.1) is 0 Å². The SMILES string of the molecule is O=C(O)N(c1ccc(-c2ccccc2)cc1)c1cnc(-n2cccn2)[nH]c1=O. The van der Waals surface area contributed by atoms with Gasteiger partial charge in [0.1, 0.15) is 5.69 Å². The zero-order valence-electron chi connectivity index (χ0n) is 14.6. The first-order chi connectivity index (χ1) is 13.6. The van der Waals surface area contributed by atoms with E-state index in [1.165, 1.54) is 10.9 Å². The van der Waals surface area contributed by atoms with Crippen molar-refractivity contribution in [2.75, 3.05) is 4.90 Å². The molecule has 2 aromatic heterocycles. The van der Waals surface area contributed by atoms with Crippen LogP contribution in [0.5, 0.6) is 0 Å². The van der Waals surface area contributed by atoms with Crippen LogP contribution in [-0.4, -0.2) is 30.9 Å². The van der Waals surface area contributed by atoms with Crippen molar-refractivity contribution >= 4 is 17.5 Å². The number of H-pyrrole nitrogens is 1. The van der Waals surface area contributed by atoms with Gasteiger partial charge < -0.3 is 5.11 Å². The second kappa shape index (κ2) is 7.20. The number of benzene rings is 2. The number of amides is 1. The lowest BCUT2D eigenvalue weighted by Gasteiger charge is -2.18. The molecule has 2 heterocycles. The number of carboxylic acid groups (broad SMARTS) is 1. The molecule has 138 valence electrons. The summed E-state index contributed by atoms with van der Waals surface area (Å²) in [4.78, 5) is 31.9. The Bertz CT molecular complexity index is 1150. The summed E-state index contributed by atoms with van der Waals surface area (Å²) in [5, 5.41) is 13.7. The summed E-state index contributed by atoms with van der Waals surface area (Å²) in [5.74, 6) is 0.198. The zero-order chi connectivity index (χ0) is 19.5. The number of aromatic nitrogens is 4. The summed E-state index contributed by atoms with van der Waals surface area (Å²) in [6.45, 7) is 0. The second-order valence-electron chi connectivity index (χ2n) is 5.90. The van der Waals surface area contributed by atoms with Gasteiger partial charge in [-0.2, -0.15) is 5.10 Å². The Balaban J connectivity index is 1.70. The highest BCUT2D eigenvalue weighted by molar-refractivity contribution is 5.94. The number of anilines is 2. The molecule has 0 saturated carbocycles. The van der Waals surface area contributed by atoms with E-state index < -0.39 is 11.7 Å². The van der Waals surface area contributed by atoms with Crippen molar-refractivity contribution in [2.45, 2.75) is 0 Å². The van der Waals surface area contributed by atoms with Gasteiger partial charge in [0.2, 0.25) is 5.95 Å². The third-order valence-corrected chi connectivity index (χ3v) is 4.15. The highest BCUT2D eigenvalue weighted by Gasteiger charge is 2.21. The molecule has 0 aliphatic heterocycles. The Hall–Kier alpha value is -4.20. The molecule has 4 aromatic rings. The molecule has 2 aromatic carbocycles. The van der Waals surface area contributed by atoms with Crippen LogP contribution in [0.1, 0.15) is 0 Å². The molecule has 0 fully saturated rings. The van der Waals surface area contributed by atoms with Gasteiger partial charge >= 0.3 is 6.09 Å². The van der Waals surface area contributed by atoms with Gasteiger partial charge in [-0.3, -0.25) is 9.78 Å². The molecular weight excluding hydrogens is 358 g/mol.